The number of nitrogens with one attached hydrogen (secondary N) is 1. The van der Waals surface area contributed by atoms with E-state index in [1.807, 2.05) is 103 Å². The highest BCUT2D eigenvalue weighted by Gasteiger charge is 2.53. The predicted octanol–water partition coefficient (Wildman–Crippen LogP) is 6.43. The molecule has 6 rings (SSSR count). The molecule has 1 aliphatic rings. The predicted molar refractivity (Wildman–Crippen MR) is 176 cm³/mol. The summed E-state index contributed by atoms with van der Waals surface area (Å²) in [6, 6.07) is 39.2. The monoisotopic (exact) mass is 600 g/mol. The van der Waals surface area contributed by atoms with Crippen LogP contribution in [0.3, 0.4) is 0 Å². The Bertz CT molecular complexity index is 1780. The van der Waals surface area contributed by atoms with Crippen molar-refractivity contribution in [1.29, 1.82) is 0 Å². The summed E-state index contributed by atoms with van der Waals surface area (Å²) in [4.78, 5) is 19.8. The summed E-state index contributed by atoms with van der Waals surface area (Å²) in [6.07, 6.45) is 0.148. The minimum atomic E-state index is -1.32. The van der Waals surface area contributed by atoms with Crippen molar-refractivity contribution >= 4 is 22.6 Å². The smallest absolute Gasteiger partial charge is 0.252 e. The SMILES string of the molecule is COc1cccc([C@H]2OC(c3ccc(OCCCO)cc3)=N[C@@]2(Cc2ccccc2)C(=O)NCc2cccc3ccccc23)c1. The number of methoxy groups -OCH3 is 1. The molecule has 5 aromatic carbocycles. The van der Waals surface area contributed by atoms with Gasteiger partial charge in [0.1, 0.15) is 11.5 Å². The molecule has 5 aromatic rings. The molecule has 0 bridgehead atoms. The first-order chi connectivity index (χ1) is 22.1. The molecule has 228 valence electrons. The van der Waals surface area contributed by atoms with Crippen molar-refractivity contribution in [1.82, 2.24) is 5.32 Å². The van der Waals surface area contributed by atoms with Crippen LogP contribution in [0, 0.1) is 0 Å². The van der Waals surface area contributed by atoms with Crippen molar-refractivity contribution in [2.24, 2.45) is 4.99 Å². The van der Waals surface area contributed by atoms with E-state index in [1.54, 1.807) is 7.11 Å². The lowest BCUT2D eigenvalue weighted by Crippen LogP contribution is -2.49. The topological polar surface area (TPSA) is 89.4 Å². The van der Waals surface area contributed by atoms with Crippen LogP contribution in [0.25, 0.3) is 10.8 Å². The number of aliphatic hydroxyl groups is 1. The molecule has 0 aromatic heterocycles. The van der Waals surface area contributed by atoms with Gasteiger partial charge >= 0.3 is 0 Å². The molecule has 0 saturated heterocycles. The van der Waals surface area contributed by atoms with Crippen LogP contribution in [0.2, 0.25) is 0 Å². The van der Waals surface area contributed by atoms with Gasteiger partial charge in [-0.3, -0.25) is 4.79 Å². The van der Waals surface area contributed by atoms with Crippen molar-refractivity contribution < 1.29 is 24.1 Å². The number of rotatable bonds is 12. The fraction of sp³-hybridized carbons (Fsp3) is 0.211. The Balaban J connectivity index is 1.40. The summed E-state index contributed by atoms with van der Waals surface area (Å²) in [5.41, 5.74) is 2.19. The Morgan fingerprint density at radius 3 is 2.44 bits per heavy atom. The molecular formula is C38H36N2O5. The molecule has 0 spiro atoms. The van der Waals surface area contributed by atoms with Crippen molar-refractivity contribution in [3.05, 3.63) is 144 Å². The van der Waals surface area contributed by atoms with Crippen molar-refractivity contribution in [3.63, 3.8) is 0 Å². The molecule has 45 heavy (non-hydrogen) atoms. The summed E-state index contributed by atoms with van der Waals surface area (Å²) in [6.45, 7) is 0.828. The van der Waals surface area contributed by atoms with Gasteiger partial charge in [0.2, 0.25) is 5.90 Å². The number of carbonyl (C=O) groups is 1. The molecule has 1 aliphatic heterocycles. The number of aliphatic hydroxyl groups excluding tert-OH is 1. The normalized spacial score (nSPS) is 17.4. The first-order valence-corrected chi connectivity index (χ1v) is 15.1. The van der Waals surface area contributed by atoms with Gasteiger partial charge in [-0.15, -0.1) is 0 Å². The lowest BCUT2D eigenvalue weighted by atomic mass is 9.82. The van der Waals surface area contributed by atoms with Crippen LogP contribution in [-0.2, 0) is 22.5 Å². The Morgan fingerprint density at radius 1 is 0.889 bits per heavy atom. The standard InChI is InChI=1S/C38H36N2O5/c1-43-33-16-8-14-30(24-33)35-38(25-27-10-3-2-4-11-27,37(42)39-26-31-15-7-13-28-12-5-6-17-34(28)31)40-36(45-35)29-18-20-32(21-19-29)44-23-9-22-41/h2-8,10-21,24,35,41H,9,22-23,25-26H2,1H3,(H,39,42)/t35-,38-/m1/s1. The number of fused-ring (bicyclic) bond motifs is 1. The van der Waals surface area contributed by atoms with E-state index in [2.05, 4.69) is 23.5 Å². The average Bonchev–Trinajstić information content (AvgIpc) is 3.48. The number of hydrogen-bond donors (Lipinski definition) is 2. The average molecular weight is 601 g/mol. The second-order valence-corrected chi connectivity index (χ2v) is 11.0. The number of hydrogen-bond acceptors (Lipinski definition) is 6. The summed E-state index contributed by atoms with van der Waals surface area (Å²) in [5.74, 6) is 1.49. The van der Waals surface area contributed by atoms with Crippen LogP contribution in [0.1, 0.15) is 34.8 Å². The lowest BCUT2D eigenvalue weighted by Gasteiger charge is -2.31. The molecule has 1 amide bonds. The molecule has 0 saturated carbocycles. The molecule has 2 N–H and O–H groups in total. The first-order valence-electron chi connectivity index (χ1n) is 15.1. The second-order valence-electron chi connectivity index (χ2n) is 11.0. The summed E-state index contributed by atoms with van der Waals surface area (Å²) in [5, 5.41) is 14.5. The van der Waals surface area contributed by atoms with Crippen LogP contribution >= 0.6 is 0 Å². The van der Waals surface area contributed by atoms with Gasteiger partial charge in [0.25, 0.3) is 5.91 Å². The maximum Gasteiger partial charge on any atom is 0.252 e. The van der Waals surface area contributed by atoms with E-state index in [0.29, 0.717) is 43.4 Å². The van der Waals surface area contributed by atoms with Gasteiger partial charge in [-0.25, -0.2) is 4.99 Å². The molecule has 7 heteroatoms. The third kappa shape index (κ3) is 6.54. The summed E-state index contributed by atoms with van der Waals surface area (Å²) >= 11 is 0. The van der Waals surface area contributed by atoms with Crippen molar-refractivity contribution in [2.45, 2.75) is 31.0 Å². The molecule has 7 nitrogen and oxygen atoms in total. The van der Waals surface area contributed by atoms with Gasteiger partial charge in [0.15, 0.2) is 11.6 Å². The van der Waals surface area contributed by atoms with E-state index in [0.717, 1.165) is 33.0 Å². The van der Waals surface area contributed by atoms with Gasteiger partial charge in [0, 0.05) is 31.6 Å². The number of amides is 1. The highest BCUT2D eigenvalue weighted by atomic mass is 16.5. The van der Waals surface area contributed by atoms with Crippen LogP contribution in [-0.4, -0.2) is 42.8 Å². The zero-order valence-electron chi connectivity index (χ0n) is 25.2. The lowest BCUT2D eigenvalue weighted by molar-refractivity contribution is -0.129. The minimum Gasteiger partial charge on any atom is -0.497 e. The largest absolute Gasteiger partial charge is 0.497 e. The first kappa shape index (κ1) is 29.9. The Labute approximate surface area is 263 Å². The van der Waals surface area contributed by atoms with Crippen LogP contribution < -0.4 is 14.8 Å². The number of ether oxygens (including phenoxy) is 3. The third-order valence-corrected chi connectivity index (χ3v) is 8.06. The van der Waals surface area contributed by atoms with Gasteiger partial charge < -0.3 is 24.6 Å². The quantitative estimate of drug-likeness (QED) is 0.161. The Kier molecular flexibility index (Phi) is 9.08. The van der Waals surface area contributed by atoms with Crippen molar-refractivity contribution in [3.8, 4) is 11.5 Å². The third-order valence-electron chi connectivity index (χ3n) is 8.06. The van der Waals surface area contributed by atoms with E-state index in [1.165, 1.54) is 0 Å². The van der Waals surface area contributed by atoms with E-state index in [9.17, 15) is 4.79 Å². The van der Waals surface area contributed by atoms with E-state index in [-0.39, 0.29) is 12.5 Å². The van der Waals surface area contributed by atoms with Crippen LogP contribution in [0.5, 0.6) is 11.5 Å². The van der Waals surface area contributed by atoms with Gasteiger partial charge in [-0.1, -0.05) is 84.9 Å². The van der Waals surface area contributed by atoms with E-state index >= 15 is 0 Å². The van der Waals surface area contributed by atoms with Gasteiger partial charge in [-0.05, 0) is 63.9 Å². The Morgan fingerprint density at radius 2 is 1.64 bits per heavy atom. The number of nitrogens with zero attached hydrogens (tertiary/aromatic N) is 1. The molecule has 2 atom stereocenters. The molecule has 0 aliphatic carbocycles. The fourth-order valence-electron chi connectivity index (χ4n) is 5.77. The zero-order chi connectivity index (χ0) is 31.1. The fourth-order valence-corrected chi connectivity index (χ4v) is 5.77. The molecule has 0 fully saturated rings. The summed E-state index contributed by atoms with van der Waals surface area (Å²) < 4.78 is 17.9. The van der Waals surface area contributed by atoms with E-state index in [4.69, 9.17) is 24.3 Å². The molecule has 1 heterocycles. The minimum absolute atomic E-state index is 0.0699. The van der Waals surface area contributed by atoms with Crippen LogP contribution in [0.4, 0.5) is 0 Å². The zero-order valence-corrected chi connectivity index (χ0v) is 25.2. The van der Waals surface area contributed by atoms with E-state index < -0.39 is 11.6 Å². The number of aliphatic imine (C=N–C) groups is 1. The molecular weight excluding hydrogens is 564 g/mol. The van der Waals surface area contributed by atoms with Gasteiger partial charge in [0.05, 0.1) is 13.7 Å². The number of carbonyl (C=O) groups excluding carboxylic acids is 1. The highest BCUT2D eigenvalue weighted by Crippen LogP contribution is 2.43. The molecule has 0 unspecified atom stereocenters. The maximum absolute atomic E-state index is 14.6. The van der Waals surface area contributed by atoms with Gasteiger partial charge in [-0.2, -0.15) is 0 Å². The second kappa shape index (κ2) is 13.7. The van der Waals surface area contributed by atoms with Crippen molar-refractivity contribution in [2.75, 3.05) is 20.3 Å². The highest BCUT2D eigenvalue weighted by molar-refractivity contribution is 6.01. The maximum atomic E-state index is 14.6. The number of benzene rings is 5. The van der Waals surface area contributed by atoms with Crippen LogP contribution in [0.15, 0.2) is 126 Å². The Hall–Kier alpha value is -5.14. The summed E-state index contributed by atoms with van der Waals surface area (Å²) in [7, 11) is 1.62. The molecule has 0 radical (unpaired) electrons.